The quantitative estimate of drug-likeness (QED) is 0.513. The van der Waals surface area contributed by atoms with Crippen LogP contribution in [0.15, 0.2) is 73.1 Å². The fraction of sp³-hybridized carbons (Fsp3) is 0.296. The average Bonchev–Trinajstić information content (AvgIpc) is 2.92. The molecule has 1 saturated heterocycles. The average molecular weight is 475 g/mol. The first-order valence-electron chi connectivity index (χ1n) is 11.8. The van der Waals surface area contributed by atoms with Crippen molar-refractivity contribution < 1.29 is 19.1 Å². The van der Waals surface area contributed by atoms with Crippen LogP contribution in [-0.2, 0) is 11.4 Å². The van der Waals surface area contributed by atoms with Crippen molar-refractivity contribution in [2.75, 3.05) is 44.2 Å². The van der Waals surface area contributed by atoms with Gasteiger partial charge < -0.3 is 24.6 Å². The molecule has 0 saturated carbocycles. The van der Waals surface area contributed by atoms with E-state index < -0.39 is 0 Å². The highest BCUT2D eigenvalue weighted by atomic mass is 16.5. The minimum atomic E-state index is -0.332. The number of nitrogens with zero attached hydrogens (tertiary/aromatic N) is 3. The molecular weight excluding hydrogens is 444 g/mol. The molecule has 0 radical (unpaired) electrons. The van der Waals surface area contributed by atoms with Gasteiger partial charge in [0.15, 0.2) is 11.5 Å². The molecule has 3 aromatic rings. The summed E-state index contributed by atoms with van der Waals surface area (Å²) in [4.78, 5) is 33.5. The van der Waals surface area contributed by atoms with E-state index in [0.29, 0.717) is 43.4 Å². The number of amides is 2. The summed E-state index contributed by atoms with van der Waals surface area (Å²) in [6, 6.07) is 18.9. The topological polar surface area (TPSA) is 84.0 Å². The number of carbonyl (C=O) groups is 2. The number of hydrogen-bond donors (Lipinski definition) is 1. The van der Waals surface area contributed by atoms with E-state index >= 15 is 0 Å². The standard InChI is InChI=1S/C27H30N4O4/c1-2-34-25-17-22(10-11-24(25)35-20-21-7-6-12-28-18-21)27(33)29-19-26(32)31-15-13-30(14-16-31)23-8-4-3-5-9-23/h3-12,17-18H,2,13-16,19-20H2,1H3,(H,29,33). The molecule has 2 aromatic carbocycles. The highest BCUT2D eigenvalue weighted by molar-refractivity contribution is 5.97. The largest absolute Gasteiger partial charge is 0.490 e. The Morgan fingerprint density at radius 1 is 0.943 bits per heavy atom. The van der Waals surface area contributed by atoms with Crippen molar-refractivity contribution in [3.8, 4) is 11.5 Å². The molecule has 0 aliphatic carbocycles. The smallest absolute Gasteiger partial charge is 0.251 e. The molecule has 1 aliphatic heterocycles. The second kappa shape index (κ2) is 11.9. The van der Waals surface area contributed by atoms with Crippen LogP contribution in [0.4, 0.5) is 5.69 Å². The molecule has 1 aliphatic rings. The molecule has 0 atom stereocenters. The number of aromatic nitrogens is 1. The molecule has 4 rings (SSSR count). The second-order valence-corrected chi connectivity index (χ2v) is 8.13. The molecule has 8 nitrogen and oxygen atoms in total. The van der Waals surface area contributed by atoms with E-state index in [9.17, 15) is 9.59 Å². The van der Waals surface area contributed by atoms with E-state index in [4.69, 9.17) is 9.47 Å². The van der Waals surface area contributed by atoms with Gasteiger partial charge in [-0.05, 0) is 43.3 Å². The van der Waals surface area contributed by atoms with Gasteiger partial charge in [-0.3, -0.25) is 14.6 Å². The number of pyridine rings is 1. The maximum atomic E-state index is 12.7. The third-order valence-electron chi connectivity index (χ3n) is 5.78. The Hall–Kier alpha value is -4.07. The zero-order valence-electron chi connectivity index (χ0n) is 19.9. The van der Waals surface area contributed by atoms with Gasteiger partial charge in [0.1, 0.15) is 6.61 Å². The molecular formula is C27H30N4O4. The maximum absolute atomic E-state index is 12.7. The Morgan fingerprint density at radius 2 is 1.74 bits per heavy atom. The zero-order chi connectivity index (χ0) is 24.5. The van der Waals surface area contributed by atoms with Gasteiger partial charge in [-0.2, -0.15) is 0 Å². The highest BCUT2D eigenvalue weighted by Gasteiger charge is 2.22. The lowest BCUT2D eigenvalue weighted by Crippen LogP contribution is -2.51. The van der Waals surface area contributed by atoms with Gasteiger partial charge in [-0.15, -0.1) is 0 Å². The van der Waals surface area contributed by atoms with Gasteiger partial charge in [0.2, 0.25) is 5.91 Å². The Morgan fingerprint density at radius 3 is 2.46 bits per heavy atom. The van der Waals surface area contributed by atoms with Crippen LogP contribution >= 0.6 is 0 Å². The van der Waals surface area contributed by atoms with E-state index in [1.54, 1.807) is 35.5 Å². The number of anilines is 1. The van der Waals surface area contributed by atoms with Gasteiger partial charge in [0, 0.05) is 55.4 Å². The van der Waals surface area contributed by atoms with Crippen LogP contribution in [0.3, 0.4) is 0 Å². The number of para-hydroxylation sites is 1. The molecule has 0 bridgehead atoms. The molecule has 35 heavy (non-hydrogen) atoms. The molecule has 8 heteroatoms. The molecule has 2 heterocycles. The van der Waals surface area contributed by atoms with Crippen LogP contribution in [0.2, 0.25) is 0 Å². The zero-order valence-corrected chi connectivity index (χ0v) is 19.9. The van der Waals surface area contributed by atoms with Crippen LogP contribution in [0, 0.1) is 0 Å². The Kier molecular flexibility index (Phi) is 8.17. The number of nitrogens with one attached hydrogen (secondary N) is 1. The van der Waals surface area contributed by atoms with Crippen molar-refractivity contribution in [1.29, 1.82) is 0 Å². The van der Waals surface area contributed by atoms with Crippen molar-refractivity contribution in [1.82, 2.24) is 15.2 Å². The van der Waals surface area contributed by atoms with Crippen LogP contribution in [0.1, 0.15) is 22.8 Å². The molecule has 1 fully saturated rings. The molecule has 1 N–H and O–H groups in total. The number of rotatable bonds is 9. The first-order valence-corrected chi connectivity index (χ1v) is 11.8. The third kappa shape index (κ3) is 6.50. The third-order valence-corrected chi connectivity index (χ3v) is 5.78. The van der Waals surface area contributed by atoms with Gasteiger partial charge in [-0.25, -0.2) is 0 Å². The van der Waals surface area contributed by atoms with Crippen molar-refractivity contribution in [3.63, 3.8) is 0 Å². The molecule has 0 spiro atoms. The first-order chi connectivity index (χ1) is 17.1. The summed E-state index contributed by atoms with van der Waals surface area (Å²) in [5.74, 6) is 0.598. The van der Waals surface area contributed by atoms with Crippen LogP contribution in [-0.4, -0.2) is 61.0 Å². The fourth-order valence-corrected chi connectivity index (χ4v) is 3.90. The van der Waals surface area contributed by atoms with Crippen LogP contribution in [0.5, 0.6) is 11.5 Å². The molecule has 0 unspecified atom stereocenters. The molecule has 2 amide bonds. The predicted octanol–water partition coefficient (Wildman–Crippen LogP) is 3.14. The first kappa shape index (κ1) is 24.1. The summed E-state index contributed by atoms with van der Waals surface area (Å²) < 4.78 is 11.6. The summed E-state index contributed by atoms with van der Waals surface area (Å²) in [6.07, 6.45) is 3.44. The maximum Gasteiger partial charge on any atom is 0.251 e. The second-order valence-electron chi connectivity index (χ2n) is 8.13. The van der Waals surface area contributed by atoms with E-state index in [1.165, 1.54) is 0 Å². The number of hydrogen-bond acceptors (Lipinski definition) is 6. The minimum Gasteiger partial charge on any atom is -0.490 e. The van der Waals surface area contributed by atoms with Gasteiger partial charge in [0.05, 0.1) is 13.2 Å². The lowest BCUT2D eigenvalue weighted by Gasteiger charge is -2.36. The fourth-order valence-electron chi connectivity index (χ4n) is 3.90. The number of carbonyl (C=O) groups excluding carboxylic acids is 2. The van der Waals surface area contributed by atoms with Crippen molar-refractivity contribution in [2.24, 2.45) is 0 Å². The monoisotopic (exact) mass is 474 g/mol. The van der Waals surface area contributed by atoms with E-state index in [1.807, 2.05) is 37.3 Å². The van der Waals surface area contributed by atoms with E-state index in [-0.39, 0.29) is 18.4 Å². The van der Waals surface area contributed by atoms with E-state index in [2.05, 4.69) is 27.3 Å². The lowest BCUT2D eigenvalue weighted by molar-refractivity contribution is -0.130. The van der Waals surface area contributed by atoms with Crippen molar-refractivity contribution in [2.45, 2.75) is 13.5 Å². The van der Waals surface area contributed by atoms with Crippen LogP contribution in [0.25, 0.3) is 0 Å². The normalized spacial score (nSPS) is 13.3. The summed E-state index contributed by atoms with van der Waals surface area (Å²) in [7, 11) is 0. The van der Waals surface area contributed by atoms with Crippen LogP contribution < -0.4 is 19.7 Å². The minimum absolute atomic E-state index is 0.0482. The molecule has 182 valence electrons. The van der Waals surface area contributed by atoms with Crippen molar-refractivity contribution >= 4 is 17.5 Å². The van der Waals surface area contributed by atoms with Crippen molar-refractivity contribution in [3.05, 3.63) is 84.2 Å². The Bertz CT molecular complexity index is 1120. The number of piperazine rings is 1. The van der Waals surface area contributed by atoms with Gasteiger partial charge in [0.25, 0.3) is 5.91 Å². The number of benzene rings is 2. The van der Waals surface area contributed by atoms with Gasteiger partial charge in [-0.1, -0.05) is 24.3 Å². The Balaban J connectivity index is 1.29. The lowest BCUT2D eigenvalue weighted by atomic mass is 10.2. The SMILES string of the molecule is CCOc1cc(C(=O)NCC(=O)N2CCN(c3ccccc3)CC2)ccc1OCc1cccnc1. The number of ether oxygens (including phenoxy) is 2. The molecule has 1 aromatic heterocycles. The predicted molar refractivity (Wildman–Crippen MR) is 134 cm³/mol. The highest BCUT2D eigenvalue weighted by Crippen LogP contribution is 2.29. The summed E-state index contributed by atoms with van der Waals surface area (Å²) in [6.45, 7) is 5.38. The summed E-state index contributed by atoms with van der Waals surface area (Å²) >= 11 is 0. The summed E-state index contributed by atoms with van der Waals surface area (Å²) in [5.41, 5.74) is 2.50. The summed E-state index contributed by atoms with van der Waals surface area (Å²) in [5, 5.41) is 2.74. The van der Waals surface area contributed by atoms with E-state index in [0.717, 1.165) is 24.3 Å². The Labute approximate surface area is 205 Å². The van der Waals surface area contributed by atoms with Gasteiger partial charge >= 0.3 is 0 Å².